The molecule has 6 nitrogen and oxygen atoms in total. The number of amides is 3. The molecule has 2 aromatic rings. The Balaban J connectivity index is 1.81. The van der Waals surface area contributed by atoms with E-state index < -0.39 is 0 Å². The molecule has 0 aliphatic carbocycles. The highest BCUT2D eigenvalue weighted by atomic mass is 35.5. The van der Waals surface area contributed by atoms with Gasteiger partial charge in [-0.3, -0.25) is 4.79 Å². The molecule has 3 rings (SSSR count). The molecule has 1 aromatic carbocycles. The maximum absolute atomic E-state index is 13.0. The van der Waals surface area contributed by atoms with Crippen molar-refractivity contribution >= 4 is 40.6 Å². The molecule has 148 valence electrons. The maximum atomic E-state index is 13.0. The summed E-state index contributed by atoms with van der Waals surface area (Å²) >= 11 is 7.61. The summed E-state index contributed by atoms with van der Waals surface area (Å²) in [6.45, 7) is 3.70. The summed E-state index contributed by atoms with van der Waals surface area (Å²) in [7, 11) is 1.60. The fourth-order valence-corrected chi connectivity index (χ4v) is 3.83. The van der Waals surface area contributed by atoms with Gasteiger partial charge < -0.3 is 10.2 Å². The Morgan fingerprint density at radius 3 is 2.64 bits per heavy atom. The van der Waals surface area contributed by atoms with Gasteiger partial charge in [-0.1, -0.05) is 29.8 Å². The number of nitrogens with zero attached hydrogens (tertiary/aromatic N) is 3. The third-order valence-electron chi connectivity index (χ3n) is 4.36. The number of rotatable bonds is 5. The molecule has 1 N–H and O–H groups in total. The lowest BCUT2D eigenvalue weighted by Gasteiger charge is -2.25. The normalized spacial score (nSPS) is 16.2. The summed E-state index contributed by atoms with van der Waals surface area (Å²) in [6.07, 6.45) is 0.621. The molecule has 0 spiro atoms. The molecule has 0 bridgehead atoms. The maximum Gasteiger partial charge on any atom is 0.317 e. The SMILES string of the molecule is CC(C)NC(=O)N(C)CC(=O)N1N=C(c2cccs2)C[C@@H]1c1ccc(Cl)cc1. The third kappa shape index (κ3) is 4.72. The fourth-order valence-electron chi connectivity index (χ4n) is 2.98. The molecule has 1 aliphatic heterocycles. The number of thiophene rings is 1. The lowest BCUT2D eigenvalue weighted by molar-refractivity contribution is -0.133. The summed E-state index contributed by atoms with van der Waals surface area (Å²) in [4.78, 5) is 27.5. The summed E-state index contributed by atoms with van der Waals surface area (Å²) < 4.78 is 0. The highest BCUT2D eigenvalue weighted by Gasteiger charge is 2.34. The van der Waals surface area contributed by atoms with Crippen molar-refractivity contribution in [2.45, 2.75) is 32.4 Å². The van der Waals surface area contributed by atoms with E-state index in [1.54, 1.807) is 18.4 Å². The first-order chi connectivity index (χ1) is 13.3. The quantitative estimate of drug-likeness (QED) is 0.793. The van der Waals surface area contributed by atoms with E-state index in [0.717, 1.165) is 16.2 Å². The van der Waals surface area contributed by atoms with Crippen LogP contribution in [0.3, 0.4) is 0 Å². The summed E-state index contributed by atoms with van der Waals surface area (Å²) in [5.74, 6) is -0.229. The van der Waals surface area contributed by atoms with Crippen molar-refractivity contribution in [1.82, 2.24) is 15.2 Å². The van der Waals surface area contributed by atoms with Gasteiger partial charge in [-0.2, -0.15) is 5.10 Å². The van der Waals surface area contributed by atoms with Crippen LogP contribution in [0.25, 0.3) is 0 Å². The van der Waals surface area contributed by atoms with Crippen LogP contribution in [-0.4, -0.2) is 47.2 Å². The van der Waals surface area contributed by atoms with Crippen LogP contribution in [-0.2, 0) is 4.79 Å². The van der Waals surface area contributed by atoms with Crippen molar-refractivity contribution in [3.05, 3.63) is 57.2 Å². The number of nitrogens with one attached hydrogen (secondary N) is 1. The van der Waals surface area contributed by atoms with Crippen molar-refractivity contribution in [1.29, 1.82) is 0 Å². The van der Waals surface area contributed by atoms with E-state index in [2.05, 4.69) is 10.4 Å². The smallest absolute Gasteiger partial charge is 0.317 e. The number of carbonyl (C=O) groups excluding carboxylic acids is 2. The standard InChI is InChI=1S/C20H23ClN4O2S/c1-13(2)22-20(27)24(3)12-19(26)25-17(14-6-8-15(21)9-7-14)11-16(23-25)18-5-4-10-28-18/h4-10,13,17H,11-12H2,1-3H3,(H,22,27)/t17-/m1/s1. The lowest BCUT2D eigenvalue weighted by atomic mass is 10.0. The second kappa shape index (κ2) is 8.75. The predicted molar refractivity (Wildman–Crippen MR) is 113 cm³/mol. The van der Waals surface area contributed by atoms with Crippen LogP contribution in [0.5, 0.6) is 0 Å². The summed E-state index contributed by atoms with van der Waals surface area (Å²) in [5.41, 5.74) is 1.83. The Labute approximate surface area is 173 Å². The average Bonchev–Trinajstić information content (AvgIpc) is 3.31. The number of urea groups is 1. The predicted octanol–water partition coefficient (Wildman–Crippen LogP) is 4.13. The molecular weight excluding hydrogens is 396 g/mol. The first-order valence-corrected chi connectivity index (χ1v) is 10.3. The number of hydrogen-bond acceptors (Lipinski definition) is 4. The van der Waals surface area contributed by atoms with Crippen molar-refractivity contribution in [2.75, 3.05) is 13.6 Å². The zero-order chi connectivity index (χ0) is 20.3. The molecule has 0 unspecified atom stereocenters. The van der Waals surface area contributed by atoms with Crippen LogP contribution in [0, 0.1) is 0 Å². The lowest BCUT2D eigenvalue weighted by Crippen LogP contribution is -2.45. The molecule has 0 saturated heterocycles. The van der Waals surface area contributed by atoms with Gasteiger partial charge in [-0.05, 0) is 43.0 Å². The van der Waals surface area contributed by atoms with Crippen LogP contribution >= 0.6 is 22.9 Å². The Kier molecular flexibility index (Phi) is 6.36. The van der Waals surface area contributed by atoms with Gasteiger partial charge in [0.15, 0.2) is 0 Å². The van der Waals surface area contributed by atoms with E-state index in [4.69, 9.17) is 11.6 Å². The van der Waals surface area contributed by atoms with E-state index in [1.165, 1.54) is 9.91 Å². The molecule has 0 radical (unpaired) electrons. The van der Waals surface area contributed by atoms with Gasteiger partial charge in [-0.15, -0.1) is 11.3 Å². The highest BCUT2D eigenvalue weighted by molar-refractivity contribution is 7.12. The molecule has 1 aromatic heterocycles. The van der Waals surface area contributed by atoms with Crippen LogP contribution in [0.1, 0.15) is 36.8 Å². The van der Waals surface area contributed by atoms with Crippen molar-refractivity contribution < 1.29 is 9.59 Å². The number of hydrogen-bond donors (Lipinski definition) is 1. The number of hydrazone groups is 1. The number of likely N-dealkylation sites (N-methyl/N-ethyl adjacent to an activating group) is 1. The summed E-state index contributed by atoms with van der Waals surface area (Å²) in [6, 6.07) is 10.9. The van der Waals surface area contributed by atoms with Gasteiger partial charge in [0, 0.05) is 24.5 Å². The Morgan fingerprint density at radius 1 is 1.32 bits per heavy atom. The first-order valence-electron chi connectivity index (χ1n) is 9.05. The Bertz CT molecular complexity index is 865. The molecule has 0 fully saturated rings. The van der Waals surface area contributed by atoms with Crippen LogP contribution in [0.2, 0.25) is 5.02 Å². The Morgan fingerprint density at radius 2 is 2.04 bits per heavy atom. The molecule has 1 atom stereocenters. The van der Waals surface area contributed by atoms with Gasteiger partial charge in [0.2, 0.25) is 0 Å². The van der Waals surface area contributed by atoms with Gasteiger partial charge >= 0.3 is 6.03 Å². The molecule has 3 amide bonds. The number of halogens is 1. The molecule has 8 heteroatoms. The zero-order valence-electron chi connectivity index (χ0n) is 16.1. The summed E-state index contributed by atoms with van der Waals surface area (Å²) in [5, 5.41) is 11.5. The minimum atomic E-state index is -0.284. The van der Waals surface area contributed by atoms with Crippen molar-refractivity contribution in [2.24, 2.45) is 5.10 Å². The van der Waals surface area contributed by atoms with E-state index in [-0.39, 0.29) is 30.6 Å². The van der Waals surface area contributed by atoms with Gasteiger partial charge in [0.25, 0.3) is 5.91 Å². The van der Waals surface area contributed by atoms with Gasteiger partial charge in [-0.25, -0.2) is 9.80 Å². The second-order valence-electron chi connectivity index (χ2n) is 6.99. The van der Waals surface area contributed by atoms with Gasteiger partial charge in [0.1, 0.15) is 6.54 Å². The van der Waals surface area contributed by atoms with Crippen LogP contribution in [0.4, 0.5) is 4.79 Å². The highest BCUT2D eigenvalue weighted by Crippen LogP contribution is 2.34. The van der Waals surface area contributed by atoms with Crippen molar-refractivity contribution in [3.63, 3.8) is 0 Å². The van der Waals surface area contributed by atoms with Crippen molar-refractivity contribution in [3.8, 4) is 0 Å². The Hall–Kier alpha value is -2.38. The topological polar surface area (TPSA) is 65.0 Å². The van der Waals surface area contributed by atoms with Crippen LogP contribution < -0.4 is 5.32 Å². The molecular formula is C20H23ClN4O2S. The van der Waals surface area contributed by atoms with E-state index >= 15 is 0 Å². The van der Waals surface area contributed by atoms with Gasteiger partial charge in [0.05, 0.1) is 16.6 Å². The van der Waals surface area contributed by atoms with E-state index in [9.17, 15) is 9.59 Å². The fraction of sp³-hybridized carbons (Fsp3) is 0.350. The van der Waals surface area contributed by atoms with E-state index in [0.29, 0.717) is 11.4 Å². The monoisotopic (exact) mass is 418 g/mol. The molecule has 0 saturated carbocycles. The third-order valence-corrected chi connectivity index (χ3v) is 5.53. The van der Waals surface area contributed by atoms with Crippen LogP contribution in [0.15, 0.2) is 46.9 Å². The first kappa shape index (κ1) is 20.4. The zero-order valence-corrected chi connectivity index (χ0v) is 17.6. The minimum absolute atomic E-state index is 0.00195. The molecule has 28 heavy (non-hydrogen) atoms. The second-order valence-corrected chi connectivity index (χ2v) is 8.38. The number of carbonyl (C=O) groups is 2. The molecule has 2 heterocycles. The largest absolute Gasteiger partial charge is 0.336 e. The van der Waals surface area contributed by atoms with E-state index in [1.807, 2.05) is 55.6 Å². The molecule has 1 aliphatic rings. The average molecular weight is 419 g/mol. The number of benzene rings is 1. The minimum Gasteiger partial charge on any atom is -0.336 e.